The highest BCUT2D eigenvalue weighted by atomic mass is 16.5. The highest BCUT2D eigenvalue weighted by Gasteiger charge is 2.34. The minimum absolute atomic E-state index is 0.00454. The summed E-state index contributed by atoms with van der Waals surface area (Å²) in [5.74, 6) is 0.843. The van der Waals surface area contributed by atoms with Gasteiger partial charge in [0.05, 0.1) is 6.61 Å². The van der Waals surface area contributed by atoms with Crippen LogP contribution in [0.25, 0.3) is 0 Å². The third kappa shape index (κ3) is 2.17. The predicted molar refractivity (Wildman–Crippen MR) is 46.4 cm³/mol. The summed E-state index contributed by atoms with van der Waals surface area (Å²) in [4.78, 5) is 0. The van der Waals surface area contributed by atoms with E-state index in [0.29, 0.717) is 0 Å². The number of methoxy groups -OCH3 is 1. The van der Waals surface area contributed by atoms with Crippen LogP contribution in [-0.2, 0) is 4.74 Å². The highest BCUT2D eigenvalue weighted by Crippen LogP contribution is 2.34. The zero-order valence-electron chi connectivity index (χ0n) is 7.60. The van der Waals surface area contributed by atoms with Crippen LogP contribution < -0.4 is 5.73 Å². The third-order valence-corrected chi connectivity index (χ3v) is 2.75. The summed E-state index contributed by atoms with van der Waals surface area (Å²) in [5, 5.41) is 0. The van der Waals surface area contributed by atoms with Gasteiger partial charge in [-0.1, -0.05) is 13.3 Å². The van der Waals surface area contributed by atoms with Crippen LogP contribution in [0, 0.1) is 5.92 Å². The standard InChI is InChI=1S/C9H19NO/c1-3-8-4-5-9(10,6-8)7-11-2/h8H,3-7,10H2,1-2H3. The van der Waals surface area contributed by atoms with Gasteiger partial charge in [0.1, 0.15) is 0 Å². The molecule has 1 saturated carbocycles. The molecule has 2 unspecified atom stereocenters. The van der Waals surface area contributed by atoms with Gasteiger partial charge >= 0.3 is 0 Å². The summed E-state index contributed by atoms with van der Waals surface area (Å²) in [6.45, 7) is 2.96. The van der Waals surface area contributed by atoms with E-state index in [2.05, 4.69) is 6.92 Å². The van der Waals surface area contributed by atoms with Crippen molar-refractivity contribution in [1.82, 2.24) is 0 Å². The van der Waals surface area contributed by atoms with Crippen molar-refractivity contribution in [2.75, 3.05) is 13.7 Å². The zero-order chi connectivity index (χ0) is 8.32. The molecule has 0 aromatic heterocycles. The molecule has 1 aliphatic carbocycles. The Morgan fingerprint density at radius 3 is 2.82 bits per heavy atom. The van der Waals surface area contributed by atoms with Gasteiger partial charge in [-0.2, -0.15) is 0 Å². The van der Waals surface area contributed by atoms with E-state index in [9.17, 15) is 0 Å². The molecule has 11 heavy (non-hydrogen) atoms. The van der Waals surface area contributed by atoms with E-state index < -0.39 is 0 Å². The number of nitrogens with two attached hydrogens (primary N) is 1. The van der Waals surface area contributed by atoms with Gasteiger partial charge in [0.2, 0.25) is 0 Å². The van der Waals surface area contributed by atoms with Crippen LogP contribution >= 0.6 is 0 Å². The highest BCUT2D eigenvalue weighted by molar-refractivity contribution is 4.92. The normalized spacial score (nSPS) is 37.9. The molecule has 0 aromatic rings. The molecule has 0 heterocycles. The maximum Gasteiger partial charge on any atom is 0.0642 e. The van der Waals surface area contributed by atoms with Crippen molar-refractivity contribution in [2.24, 2.45) is 11.7 Å². The molecule has 1 fully saturated rings. The second kappa shape index (κ2) is 3.55. The molecular weight excluding hydrogens is 138 g/mol. The molecule has 2 N–H and O–H groups in total. The van der Waals surface area contributed by atoms with Gasteiger partial charge in [0.15, 0.2) is 0 Å². The van der Waals surface area contributed by atoms with Crippen LogP contribution in [0.4, 0.5) is 0 Å². The monoisotopic (exact) mass is 157 g/mol. The van der Waals surface area contributed by atoms with Crippen LogP contribution in [0.5, 0.6) is 0 Å². The molecule has 0 saturated heterocycles. The molecule has 1 rings (SSSR count). The lowest BCUT2D eigenvalue weighted by Crippen LogP contribution is -2.41. The summed E-state index contributed by atoms with van der Waals surface area (Å²) in [7, 11) is 1.73. The van der Waals surface area contributed by atoms with Crippen molar-refractivity contribution in [3.05, 3.63) is 0 Å². The summed E-state index contributed by atoms with van der Waals surface area (Å²) < 4.78 is 5.10. The molecule has 0 spiro atoms. The number of rotatable bonds is 3. The summed E-state index contributed by atoms with van der Waals surface area (Å²) in [5.41, 5.74) is 6.11. The van der Waals surface area contributed by atoms with Crippen molar-refractivity contribution in [3.8, 4) is 0 Å². The van der Waals surface area contributed by atoms with Crippen LogP contribution in [0.2, 0.25) is 0 Å². The molecule has 2 atom stereocenters. The van der Waals surface area contributed by atoms with E-state index in [0.717, 1.165) is 25.4 Å². The van der Waals surface area contributed by atoms with E-state index in [4.69, 9.17) is 10.5 Å². The SMILES string of the molecule is CCC1CCC(N)(COC)C1. The fourth-order valence-corrected chi connectivity index (χ4v) is 2.04. The topological polar surface area (TPSA) is 35.2 Å². The fourth-order valence-electron chi connectivity index (χ4n) is 2.04. The average Bonchev–Trinajstić information content (AvgIpc) is 2.33. The lowest BCUT2D eigenvalue weighted by Gasteiger charge is -2.22. The maximum absolute atomic E-state index is 6.11. The lowest BCUT2D eigenvalue weighted by atomic mass is 9.97. The number of hydrogen-bond donors (Lipinski definition) is 1. The van der Waals surface area contributed by atoms with Crippen molar-refractivity contribution < 1.29 is 4.74 Å². The molecule has 2 nitrogen and oxygen atoms in total. The van der Waals surface area contributed by atoms with Crippen molar-refractivity contribution in [3.63, 3.8) is 0 Å². The molecule has 66 valence electrons. The summed E-state index contributed by atoms with van der Waals surface area (Å²) in [6.07, 6.45) is 4.84. The largest absolute Gasteiger partial charge is 0.383 e. The minimum Gasteiger partial charge on any atom is -0.383 e. The van der Waals surface area contributed by atoms with Crippen LogP contribution in [0.15, 0.2) is 0 Å². The van der Waals surface area contributed by atoms with Gasteiger partial charge in [-0.25, -0.2) is 0 Å². The van der Waals surface area contributed by atoms with Gasteiger partial charge in [-0.3, -0.25) is 0 Å². The van der Waals surface area contributed by atoms with Gasteiger partial charge in [-0.05, 0) is 25.2 Å². The van der Waals surface area contributed by atoms with Crippen molar-refractivity contribution in [1.29, 1.82) is 0 Å². The Morgan fingerprint density at radius 2 is 2.36 bits per heavy atom. The van der Waals surface area contributed by atoms with Crippen molar-refractivity contribution >= 4 is 0 Å². The quantitative estimate of drug-likeness (QED) is 0.674. The first-order valence-electron chi connectivity index (χ1n) is 4.48. The maximum atomic E-state index is 6.11. The summed E-state index contributed by atoms with van der Waals surface area (Å²) in [6, 6.07) is 0. The predicted octanol–water partition coefficient (Wildman–Crippen LogP) is 1.54. The first-order chi connectivity index (χ1) is 5.20. The molecule has 2 heteroatoms. The smallest absolute Gasteiger partial charge is 0.0642 e. The molecule has 0 bridgehead atoms. The molecular formula is C9H19NO. The second-order valence-corrected chi connectivity index (χ2v) is 3.81. The van der Waals surface area contributed by atoms with Gasteiger partial charge in [0, 0.05) is 12.6 Å². The van der Waals surface area contributed by atoms with Gasteiger partial charge in [0.25, 0.3) is 0 Å². The summed E-state index contributed by atoms with van der Waals surface area (Å²) >= 11 is 0. The first-order valence-corrected chi connectivity index (χ1v) is 4.48. The minimum atomic E-state index is -0.00454. The van der Waals surface area contributed by atoms with E-state index in [-0.39, 0.29) is 5.54 Å². The van der Waals surface area contributed by atoms with Crippen molar-refractivity contribution in [2.45, 2.75) is 38.1 Å². The first kappa shape index (κ1) is 9.01. The van der Waals surface area contributed by atoms with Crippen LogP contribution in [-0.4, -0.2) is 19.3 Å². The third-order valence-electron chi connectivity index (χ3n) is 2.75. The molecule has 1 aliphatic rings. The van der Waals surface area contributed by atoms with E-state index >= 15 is 0 Å². The van der Waals surface area contributed by atoms with E-state index in [1.165, 1.54) is 12.8 Å². The van der Waals surface area contributed by atoms with E-state index in [1.807, 2.05) is 0 Å². The Labute approximate surface area is 69.1 Å². The Balaban J connectivity index is 2.37. The zero-order valence-corrected chi connectivity index (χ0v) is 7.60. The van der Waals surface area contributed by atoms with Crippen LogP contribution in [0.3, 0.4) is 0 Å². The van der Waals surface area contributed by atoms with Crippen LogP contribution in [0.1, 0.15) is 32.6 Å². The number of ether oxygens (including phenoxy) is 1. The Kier molecular flexibility index (Phi) is 2.90. The second-order valence-electron chi connectivity index (χ2n) is 3.81. The Hall–Kier alpha value is -0.0800. The van der Waals surface area contributed by atoms with E-state index in [1.54, 1.807) is 7.11 Å². The fraction of sp³-hybridized carbons (Fsp3) is 1.00. The lowest BCUT2D eigenvalue weighted by molar-refractivity contribution is 0.132. The molecule has 0 radical (unpaired) electrons. The number of hydrogen-bond acceptors (Lipinski definition) is 2. The molecule has 0 amide bonds. The Morgan fingerprint density at radius 1 is 1.64 bits per heavy atom. The average molecular weight is 157 g/mol. The van der Waals surface area contributed by atoms with Gasteiger partial charge < -0.3 is 10.5 Å². The molecule has 0 aliphatic heterocycles. The van der Waals surface area contributed by atoms with Gasteiger partial charge in [-0.15, -0.1) is 0 Å². The Bertz CT molecular complexity index is 127. The molecule has 0 aromatic carbocycles.